The first-order valence-electron chi connectivity index (χ1n) is 10.1. The summed E-state index contributed by atoms with van der Waals surface area (Å²) in [4.78, 5) is 30.2. The molecule has 0 bridgehead atoms. The number of esters is 1. The summed E-state index contributed by atoms with van der Waals surface area (Å²) in [6, 6.07) is 20.9. The van der Waals surface area contributed by atoms with Gasteiger partial charge in [0.2, 0.25) is 0 Å². The average Bonchev–Trinajstić information content (AvgIpc) is 3.22. The number of nitrogens with zero attached hydrogens (tertiary/aromatic N) is 2. The highest BCUT2D eigenvalue weighted by Crippen LogP contribution is 2.32. The van der Waals surface area contributed by atoms with Crippen LogP contribution in [0.3, 0.4) is 0 Å². The van der Waals surface area contributed by atoms with Crippen molar-refractivity contribution in [2.24, 2.45) is 0 Å². The van der Waals surface area contributed by atoms with E-state index in [0.717, 1.165) is 22.9 Å². The Bertz CT molecular complexity index is 1570. The van der Waals surface area contributed by atoms with Crippen LogP contribution in [0, 0.1) is 11.6 Å². The van der Waals surface area contributed by atoms with Gasteiger partial charge in [-0.2, -0.15) is 0 Å². The van der Waals surface area contributed by atoms with Crippen LogP contribution in [0.15, 0.2) is 78.9 Å². The van der Waals surface area contributed by atoms with Gasteiger partial charge in [-0.15, -0.1) is 0 Å². The smallest absolute Gasteiger partial charge is 0.337 e. The maximum absolute atomic E-state index is 13.9. The Morgan fingerprint density at radius 3 is 2.39 bits per heavy atom. The van der Waals surface area contributed by atoms with Crippen LogP contribution < -0.4 is 0 Å². The molecule has 0 saturated carbocycles. The first kappa shape index (κ1) is 20.5. The van der Waals surface area contributed by atoms with E-state index in [-0.39, 0.29) is 11.1 Å². The quantitative estimate of drug-likeness (QED) is 0.341. The van der Waals surface area contributed by atoms with Crippen molar-refractivity contribution in [3.8, 4) is 11.4 Å². The van der Waals surface area contributed by atoms with Gasteiger partial charge in [-0.25, -0.2) is 18.6 Å². The van der Waals surface area contributed by atoms with E-state index >= 15 is 0 Å². The molecule has 5 nitrogen and oxygen atoms in total. The third-order valence-electron chi connectivity index (χ3n) is 5.48. The molecule has 4 aromatic carbocycles. The molecule has 33 heavy (non-hydrogen) atoms. The highest BCUT2D eigenvalue weighted by molar-refractivity contribution is 6.07. The first-order valence-corrected chi connectivity index (χ1v) is 10.1. The second-order valence-corrected chi connectivity index (χ2v) is 7.43. The highest BCUT2D eigenvalue weighted by atomic mass is 19.2. The van der Waals surface area contributed by atoms with Gasteiger partial charge >= 0.3 is 5.97 Å². The van der Waals surface area contributed by atoms with Gasteiger partial charge in [-0.1, -0.05) is 42.5 Å². The zero-order chi connectivity index (χ0) is 23.1. The molecule has 1 heterocycles. The Balaban J connectivity index is 1.81. The molecule has 0 aliphatic rings. The van der Waals surface area contributed by atoms with Gasteiger partial charge in [0, 0.05) is 11.1 Å². The van der Waals surface area contributed by atoms with Crippen LogP contribution in [-0.2, 0) is 4.74 Å². The zero-order valence-electron chi connectivity index (χ0n) is 17.4. The molecule has 5 rings (SSSR count). The van der Waals surface area contributed by atoms with Crippen molar-refractivity contribution < 1.29 is 23.1 Å². The van der Waals surface area contributed by atoms with Crippen LogP contribution in [-0.4, -0.2) is 28.5 Å². The maximum Gasteiger partial charge on any atom is 0.337 e. The van der Waals surface area contributed by atoms with E-state index in [4.69, 9.17) is 4.74 Å². The van der Waals surface area contributed by atoms with E-state index in [1.165, 1.54) is 29.9 Å². The molecule has 0 unspecified atom stereocenters. The molecular weight excluding hydrogens is 426 g/mol. The first-order chi connectivity index (χ1) is 16.0. The fourth-order valence-corrected chi connectivity index (χ4v) is 3.89. The molecule has 0 atom stereocenters. The lowest BCUT2D eigenvalue weighted by Crippen LogP contribution is -2.14. The number of hydrogen-bond acceptors (Lipinski definition) is 4. The van der Waals surface area contributed by atoms with Crippen molar-refractivity contribution in [1.82, 2.24) is 9.55 Å². The third kappa shape index (κ3) is 3.43. The Morgan fingerprint density at radius 1 is 0.848 bits per heavy atom. The molecule has 162 valence electrons. The summed E-state index contributed by atoms with van der Waals surface area (Å²) in [5.41, 5.74) is 1.73. The van der Waals surface area contributed by atoms with Gasteiger partial charge in [0.15, 0.2) is 11.6 Å². The number of carbonyl (C=O) groups is 2. The number of hydrogen-bond donors (Lipinski definition) is 0. The number of fused-ring (bicyclic) bond motifs is 2. The average molecular weight is 442 g/mol. The number of methoxy groups -OCH3 is 1. The second kappa shape index (κ2) is 7.94. The van der Waals surface area contributed by atoms with Gasteiger partial charge in [-0.05, 0) is 47.2 Å². The lowest BCUT2D eigenvalue weighted by molar-refractivity contribution is 0.0600. The molecule has 1 aromatic heterocycles. The summed E-state index contributed by atoms with van der Waals surface area (Å²) >= 11 is 0. The molecule has 5 aromatic rings. The molecule has 0 aliphatic carbocycles. The molecule has 0 spiro atoms. The van der Waals surface area contributed by atoms with Gasteiger partial charge < -0.3 is 4.74 Å². The molecular formula is C26H16F2N2O3. The van der Waals surface area contributed by atoms with E-state index in [2.05, 4.69) is 4.98 Å². The van der Waals surface area contributed by atoms with E-state index in [9.17, 15) is 18.4 Å². The van der Waals surface area contributed by atoms with E-state index in [0.29, 0.717) is 22.4 Å². The number of rotatable bonds is 3. The standard InChI is InChI=1S/C26H16F2N2O3/c1-33-26(32)17-10-12-23-22(14-17)29-24(19-8-4-6-15-5-2-3-7-18(15)19)30(23)25(31)16-9-11-20(27)21(28)13-16/h2-14H,1H3. The Morgan fingerprint density at radius 2 is 1.61 bits per heavy atom. The molecule has 0 radical (unpaired) electrons. The maximum atomic E-state index is 13.9. The number of imidazole rings is 1. The minimum atomic E-state index is -1.12. The lowest BCUT2D eigenvalue weighted by Gasteiger charge is -2.11. The predicted molar refractivity (Wildman–Crippen MR) is 120 cm³/mol. The summed E-state index contributed by atoms with van der Waals surface area (Å²) in [5.74, 6) is -2.96. The van der Waals surface area contributed by atoms with Gasteiger partial charge in [0.05, 0.1) is 23.7 Å². The van der Waals surface area contributed by atoms with Crippen molar-refractivity contribution in [3.05, 3.63) is 102 Å². The third-order valence-corrected chi connectivity index (χ3v) is 5.48. The summed E-state index contributed by atoms with van der Waals surface area (Å²) < 4.78 is 33.5. The number of aromatic nitrogens is 2. The largest absolute Gasteiger partial charge is 0.465 e. The molecule has 0 amide bonds. The Hall–Kier alpha value is -4.39. The summed E-state index contributed by atoms with van der Waals surface area (Å²) in [7, 11) is 1.28. The zero-order valence-corrected chi connectivity index (χ0v) is 17.4. The normalized spacial score (nSPS) is 11.1. The highest BCUT2D eigenvalue weighted by Gasteiger charge is 2.23. The Labute approximate surface area is 186 Å². The fraction of sp³-hybridized carbons (Fsp3) is 0.0385. The summed E-state index contributed by atoms with van der Waals surface area (Å²) in [5, 5.41) is 1.81. The lowest BCUT2D eigenvalue weighted by atomic mass is 10.0. The van der Waals surface area contributed by atoms with Crippen molar-refractivity contribution in [2.45, 2.75) is 0 Å². The Kier molecular flexibility index (Phi) is 4.94. The van der Waals surface area contributed by atoms with Crippen LogP contribution in [0.25, 0.3) is 33.2 Å². The molecule has 0 N–H and O–H groups in total. The van der Waals surface area contributed by atoms with Gasteiger partial charge in [0.1, 0.15) is 5.82 Å². The van der Waals surface area contributed by atoms with Crippen LogP contribution in [0.5, 0.6) is 0 Å². The van der Waals surface area contributed by atoms with Crippen molar-refractivity contribution in [3.63, 3.8) is 0 Å². The SMILES string of the molecule is COC(=O)c1ccc2c(c1)nc(-c1cccc3ccccc13)n2C(=O)c1ccc(F)c(F)c1. The molecule has 0 aliphatic heterocycles. The fourth-order valence-electron chi connectivity index (χ4n) is 3.89. The minimum absolute atomic E-state index is 0.0354. The number of ether oxygens (including phenoxy) is 1. The summed E-state index contributed by atoms with van der Waals surface area (Å²) in [6.07, 6.45) is 0. The van der Waals surface area contributed by atoms with Crippen LogP contribution in [0.4, 0.5) is 8.78 Å². The number of carbonyl (C=O) groups excluding carboxylic acids is 2. The molecule has 0 saturated heterocycles. The van der Waals surface area contributed by atoms with Gasteiger partial charge in [0.25, 0.3) is 5.91 Å². The second-order valence-electron chi connectivity index (χ2n) is 7.43. The predicted octanol–water partition coefficient (Wildman–Crippen LogP) is 5.61. The monoisotopic (exact) mass is 442 g/mol. The van der Waals surface area contributed by atoms with E-state index in [1.807, 2.05) is 42.5 Å². The minimum Gasteiger partial charge on any atom is -0.465 e. The van der Waals surface area contributed by atoms with Crippen molar-refractivity contribution >= 4 is 33.7 Å². The van der Waals surface area contributed by atoms with Crippen molar-refractivity contribution in [1.29, 1.82) is 0 Å². The van der Waals surface area contributed by atoms with Crippen molar-refractivity contribution in [2.75, 3.05) is 7.11 Å². The number of halogens is 2. The topological polar surface area (TPSA) is 61.2 Å². The van der Waals surface area contributed by atoms with E-state index in [1.54, 1.807) is 6.07 Å². The van der Waals surface area contributed by atoms with Crippen LogP contribution in [0.2, 0.25) is 0 Å². The number of benzene rings is 4. The summed E-state index contributed by atoms with van der Waals surface area (Å²) in [6.45, 7) is 0. The van der Waals surface area contributed by atoms with E-state index < -0.39 is 23.5 Å². The molecule has 7 heteroatoms. The molecule has 0 fully saturated rings. The van der Waals surface area contributed by atoms with Crippen LogP contribution >= 0.6 is 0 Å². The van der Waals surface area contributed by atoms with Gasteiger partial charge in [-0.3, -0.25) is 9.36 Å². The van der Waals surface area contributed by atoms with Crippen LogP contribution in [0.1, 0.15) is 20.7 Å².